The van der Waals surface area contributed by atoms with Gasteiger partial charge in [-0.1, -0.05) is 13.8 Å². The van der Waals surface area contributed by atoms with Crippen LogP contribution in [0.2, 0.25) is 0 Å². The Morgan fingerprint density at radius 1 is 0.538 bits per heavy atom. The molecule has 5 heterocycles. The van der Waals surface area contributed by atoms with Gasteiger partial charge in [0, 0.05) is 40.6 Å². The van der Waals surface area contributed by atoms with Gasteiger partial charge in [-0.2, -0.15) is 0 Å². The minimum Gasteiger partial charge on any atom is -0.394 e. The lowest BCUT2D eigenvalue weighted by atomic mass is 9.40. The van der Waals surface area contributed by atoms with Gasteiger partial charge in [0.2, 0.25) is 0 Å². The van der Waals surface area contributed by atoms with Gasteiger partial charge in [-0.25, -0.2) is 0 Å². The lowest BCUT2D eigenvalue weighted by Crippen LogP contribution is -2.79. The number of aliphatic hydroxyl groups is 11. The van der Waals surface area contributed by atoms with Crippen LogP contribution in [-0.2, 0) is 61.6 Å². The molecule has 0 spiro atoms. The quantitative estimate of drug-likeness (QED) is 0.0875. The number of ether oxygens (including phenoxy) is 13. The zero-order chi connectivity index (χ0) is 56.8. The third kappa shape index (κ3) is 10.4. The van der Waals surface area contributed by atoms with Gasteiger partial charge in [-0.15, -0.1) is 0 Å². The summed E-state index contributed by atoms with van der Waals surface area (Å²) in [5, 5.41) is 123. The molecule has 0 bridgehead atoms. The molecule has 5 aliphatic heterocycles. The molecule has 9 fully saturated rings. The van der Waals surface area contributed by atoms with Crippen LogP contribution in [0.25, 0.3) is 0 Å². The first-order valence-electron chi connectivity index (χ1n) is 28.4. The van der Waals surface area contributed by atoms with Crippen molar-refractivity contribution in [2.24, 2.45) is 22.7 Å². The van der Waals surface area contributed by atoms with Crippen molar-refractivity contribution < 1.29 is 118 Å². The maximum Gasteiger partial charge on any atom is 0.187 e. The molecule has 1 unspecified atom stereocenters. The van der Waals surface area contributed by atoms with Gasteiger partial charge in [0.15, 0.2) is 31.5 Å². The van der Waals surface area contributed by atoms with E-state index in [9.17, 15) is 56.2 Å². The minimum absolute atomic E-state index is 0.0636. The summed E-state index contributed by atoms with van der Waals surface area (Å²) in [5.41, 5.74) is -7.09. The fourth-order valence-electron chi connectivity index (χ4n) is 16.0. The fraction of sp³-hybridized carbons (Fsp3) is 1.00. The number of aliphatic hydroxyl groups excluding tert-OH is 8. The first kappa shape index (κ1) is 61.6. The maximum absolute atomic E-state index is 12.6. The van der Waals surface area contributed by atoms with Crippen LogP contribution in [0.15, 0.2) is 0 Å². The lowest BCUT2D eigenvalue weighted by Gasteiger charge is -2.69. The third-order valence-electron chi connectivity index (χ3n) is 20.8. The molecule has 32 atom stereocenters. The van der Waals surface area contributed by atoms with Gasteiger partial charge < -0.3 is 118 Å². The first-order valence-corrected chi connectivity index (χ1v) is 28.4. The number of hydrogen-bond donors (Lipinski definition) is 11. The van der Waals surface area contributed by atoms with E-state index < -0.39 is 188 Å². The second-order valence-electron chi connectivity index (χ2n) is 24.8. The van der Waals surface area contributed by atoms with Crippen molar-refractivity contribution in [2.45, 2.75) is 289 Å². The highest BCUT2D eigenvalue weighted by Gasteiger charge is 2.80. The van der Waals surface area contributed by atoms with Crippen LogP contribution in [-0.4, -0.2) is 254 Å². The van der Waals surface area contributed by atoms with Crippen LogP contribution in [0, 0.1) is 22.7 Å². The first-order chi connectivity index (χ1) is 36.7. The Hall–Kier alpha value is -0.960. The Morgan fingerprint density at radius 2 is 1.09 bits per heavy atom. The second kappa shape index (κ2) is 23.5. The van der Waals surface area contributed by atoms with E-state index in [1.807, 2.05) is 13.8 Å². The van der Waals surface area contributed by atoms with Crippen molar-refractivity contribution in [1.29, 1.82) is 0 Å². The van der Waals surface area contributed by atoms with E-state index in [2.05, 4.69) is 6.92 Å². The molecule has 0 radical (unpaired) electrons. The predicted molar refractivity (Wildman–Crippen MR) is 266 cm³/mol. The summed E-state index contributed by atoms with van der Waals surface area (Å²) in [7, 11) is 4.45. The Kier molecular flexibility index (Phi) is 18.5. The molecule has 9 rings (SSSR count). The highest BCUT2D eigenvalue weighted by molar-refractivity contribution is 5.30. The largest absolute Gasteiger partial charge is 0.394 e. The van der Waals surface area contributed by atoms with Crippen molar-refractivity contribution in [3.05, 3.63) is 0 Å². The van der Waals surface area contributed by atoms with E-state index in [1.54, 1.807) is 27.9 Å². The molecule has 24 heteroatoms. The van der Waals surface area contributed by atoms with Gasteiger partial charge in [0.05, 0.1) is 78.7 Å². The van der Waals surface area contributed by atoms with Crippen molar-refractivity contribution >= 4 is 0 Å². The summed E-state index contributed by atoms with van der Waals surface area (Å²) in [4.78, 5) is 0. The van der Waals surface area contributed by atoms with E-state index in [4.69, 9.17) is 61.6 Å². The molecule has 4 saturated carbocycles. The molecule has 0 aromatic carbocycles. The summed E-state index contributed by atoms with van der Waals surface area (Å²) in [6.07, 6.45) is -20.3. The normalized spacial score (nSPS) is 56.1. The summed E-state index contributed by atoms with van der Waals surface area (Å²) >= 11 is 0. The molecule has 24 nitrogen and oxygen atoms in total. The number of hydrogen-bond acceptors (Lipinski definition) is 24. The van der Waals surface area contributed by atoms with Crippen LogP contribution in [0.4, 0.5) is 0 Å². The number of rotatable bonds is 15. The smallest absolute Gasteiger partial charge is 0.187 e. The van der Waals surface area contributed by atoms with Crippen molar-refractivity contribution in [3.8, 4) is 0 Å². The SMILES string of the molecule is CO[C@@H]1[C@@H](O)[C@H](O[C@@H]2[C@@H](C)O[C@@H](O[C@H]3[C@@H](OC)C[C@H](O[C@H]4[C@@H](O)C[C@H](O[C@H]5CC[C@@]6(C)[C@@H](CC[C@]7(O)[C@@H]6C[C@@H](O)[C@@]6(C)[C@]7(O)CC[C@@]6(O)C(C)O)C5)O[C@@H]4C)O[C@@H]3C)C[C@H]2OC)O[C@H](C)[C@H]1O[C@@H]1O[C@H](CO)[C@@H](O)[C@H](O)[C@H]1O. The minimum atomic E-state index is -1.80. The topological polar surface area (TPSA) is 343 Å². The maximum atomic E-state index is 12.6. The summed E-state index contributed by atoms with van der Waals surface area (Å²) in [6.45, 7) is 11.7. The molecule has 0 aromatic rings. The number of fused-ring (bicyclic) bond motifs is 5. The Balaban J connectivity index is 0.747. The van der Waals surface area contributed by atoms with Gasteiger partial charge in [0.25, 0.3) is 0 Å². The zero-order valence-electron chi connectivity index (χ0n) is 46.8. The van der Waals surface area contributed by atoms with Gasteiger partial charge in [-0.3, -0.25) is 0 Å². The standard InChI is InChI=1S/C54H92O24/c1-23-43(30(57)18-36(69-23)73-29-12-13-50(6)28(17-29)11-14-53(64)34(50)21-35(58)51(7)52(63,27(5)56)15-16-54(51,53)65)75-37-19-31(66-8)44(24(2)70-37)76-38-20-32(67-9)45(25(3)71-38)77-49-42(62)47(68-10)46(26(4)72-49)78-48-41(61)40(60)39(59)33(22-55)74-48/h23-49,55-65H,11-22H2,1-10H3/t23-,24-,25-,26-,27?,28+,29+,30+,31+,32-,33-,34-,35-,36+,37+,38+,39-,40+,41-,42-,43-,44-,45-,46-,47-,48+,49+,50+,51-,52-,53+,54-/m1/s1. The van der Waals surface area contributed by atoms with Gasteiger partial charge in [-0.05, 0) is 103 Å². The average Bonchev–Trinajstić information content (AvgIpc) is 3.82. The van der Waals surface area contributed by atoms with E-state index in [1.165, 1.54) is 21.1 Å². The number of methoxy groups -OCH3 is 3. The monoisotopic (exact) mass is 1120 g/mol. The highest BCUT2D eigenvalue weighted by atomic mass is 16.8. The van der Waals surface area contributed by atoms with E-state index in [-0.39, 0.29) is 57.0 Å². The van der Waals surface area contributed by atoms with Crippen LogP contribution < -0.4 is 0 Å². The zero-order valence-corrected chi connectivity index (χ0v) is 46.8. The molecule has 11 N–H and O–H groups in total. The van der Waals surface area contributed by atoms with Crippen molar-refractivity contribution in [1.82, 2.24) is 0 Å². The molecule has 0 aromatic heterocycles. The predicted octanol–water partition coefficient (Wildman–Crippen LogP) is -1.02. The lowest BCUT2D eigenvalue weighted by molar-refractivity contribution is -0.374. The highest BCUT2D eigenvalue weighted by Crippen LogP contribution is 2.72. The molecule has 4 aliphatic carbocycles. The van der Waals surface area contributed by atoms with Crippen LogP contribution >= 0.6 is 0 Å². The molecule has 452 valence electrons. The average molecular weight is 1130 g/mol. The third-order valence-corrected chi connectivity index (χ3v) is 20.8. The summed E-state index contributed by atoms with van der Waals surface area (Å²) in [6, 6.07) is 0. The fourth-order valence-corrected chi connectivity index (χ4v) is 16.0. The Morgan fingerprint density at radius 3 is 1.67 bits per heavy atom. The molecular weight excluding hydrogens is 1030 g/mol. The van der Waals surface area contributed by atoms with E-state index in [0.717, 1.165) is 0 Å². The van der Waals surface area contributed by atoms with Crippen LogP contribution in [0.3, 0.4) is 0 Å². The molecule has 9 aliphatic rings. The van der Waals surface area contributed by atoms with Crippen LogP contribution in [0.1, 0.15) is 119 Å². The summed E-state index contributed by atoms with van der Waals surface area (Å²) < 4.78 is 80.2. The molecular formula is C54H92O24. The van der Waals surface area contributed by atoms with E-state index >= 15 is 0 Å². The van der Waals surface area contributed by atoms with Gasteiger partial charge >= 0.3 is 0 Å². The second-order valence-corrected chi connectivity index (χ2v) is 24.8. The van der Waals surface area contributed by atoms with Crippen molar-refractivity contribution in [3.63, 3.8) is 0 Å². The summed E-state index contributed by atoms with van der Waals surface area (Å²) in [5.74, 6) is -0.339. The molecule has 0 amide bonds. The van der Waals surface area contributed by atoms with E-state index in [0.29, 0.717) is 25.7 Å². The van der Waals surface area contributed by atoms with Crippen LogP contribution in [0.5, 0.6) is 0 Å². The van der Waals surface area contributed by atoms with Crippen molar-refractivity contribution in [2.75, 3.05) is 27.9 Å². The molecule has 78 heavy (non-hydrogen) atoms. The Bertz CT molecular complexity index is 1980. The molecule has 5 saturated heterocycles. The Labute approximate surface area is 456 Å². The van der Waals surface area contributed by atoms with Gasteiger partial charge in [0.1, 0.15) is 72.2 Å².